The quantitative estimate of drug-likeness (QED) is 0.500. The summed E-state index contributed by atoms with van der Waals surface area (Å²) in [6.07, 6.45) is 2.26. The molecule has 1 aromatic carbocycles. The molecule has 2 amide bonds. The summed E-state index contributed by atoms with van der Waals surface area (Å²) < 4.78 is 0. The van der Waals surface area contributed by atoms with Crippen molar-refractivity contribution in [3.8, 4) is 0 Å². The summed E-state index contributed by atoms with van der Waals surface area (Å²) in [5.74, 6) is 0.338. The molecular formula is C28H33N3O2S2. The van der Waals surface area contributed by atoms with Gasteiger partial charge in [-0.1, -0.05) is 30.3 Å². The van der Waals surface area contributed by atoms with Crippen LogP contribution < -0.4 is 0 Å². The van der Waals surface area contributed by atoms with Gasteiger partial charge in [0, 0.05) is 42.5 Å². The molecule has 2 unspecified atom stereocenters. The maximum Gasteiger partial charge on any atom is 0.239 e. The molecule has 0 bridgehead atoms. The predicted octanol–water partition coefficient (Wildman–Crippen LogP) is 4.76. The smallest absolute Gasteiger partial charge is 0.239 e. The third kappa shape index (κ3) is 5.08. The zero-order valence-corrected chi connectivity index (χ0v) is 22.1. The molecule has 5 nitrogen and oxygen atoms in total. The fourth-order valence-corrected chi connectivity index (χ4v) is 7.06. The Morgan fingerprint density at radius 1 is 0.914 bits per heavy atom. The first kappa shape index (κ1) is 24.2. The van der Waals surface area contributed by atoms with E-state index < -0.39 is 0 Å². The topological polar surface area (TPSA) is 43.9 Å². The van der Waals surface area contributed by atoms with Gasteiger partial charge in [0.05, 0.1) is 18.5 Å². The minimum atomic E-state index is -0.221. The first-order chi connectivity index (χ1) is 17.0. The molecule has 0 saturated carbocycles. The highest BCUT2D eigenvalue weighted by atomic mass is 32.1. The molecule has 1 fully saturated rings. The van der Waals surface area contributed by atoms with Crippen LogP contribution in [-0.2, 0) is 22.4 Å². The maximum absolute atomic E-state index is 13.8. The highest BCUT2D eigenvalue weighted by Gasteiger charge is 2.37. The van der Waals surface area contributed by atoms with Crippen molar-refractivity contribution in [3.63, 3.8) is 0 Å². The second kappa shape index (κ2) is 10.6. The zero-order chi connectivity index (χ0) is 24.4. The van der Waals surface area contributed by atoms with Gasteiger partial charge in [-0.05, 0) is 66.3 Å². The van der Waals surface area contributed by atoms with Gasteiger partial charge in [0.15, 0.2) is 0 Å². The van der Waals surface area contributed by atoms with Crippen molar-refractivity contribution in [1.29, 1.82) is 0 Å². The normalized spacial score (nSPS) is 19.8. The molecule has 7 heteroatoms. The molecule has 3 aromatic rings. The summed E-state index contributed by atoms with van der Waals surface area (Å²) >= 11 is 3.45. The number of carbonyl (C=O) groups is 2. The summed E-state index contributed by atoms with van der Waals surface area (Å²) in [7, 11) is 0. The largest absolute Gasteiger partial charge is 0.341 e. The Labute approximate surface area is 216 Å². The average Bonchev–Trinajstić information content (AvgIpc) is 3.49. The van der Waals surface area contributed by atoms with Gasteiger partial charge >= 0.3 is 0 Å². The summed E-state index contributed by atoms with van der Waals surface area (Å²) in [4.78, 5) is 35.5. The Morgan fingerprint density at radius 2 is 1.71 bits per heavy atom. The minimum Gasteiger partial charge on any atom is -0.341 e. The van der Waals surface area contributed by atoms with Gasteiger partial charge in [-0.3, -0.25) is 14.5 Å². The van der Waals surface area contributed by atoms with Crippen molar-refractivity contribution in [2.24, 2.45) is 0 Å². The van der Waals surface area contributed by atoms with Crippen molar-refractivity contribution in [2.45, 2.75) is 45.2 Å². The van der Waals surface area contributed by atoms with E-state index in [0.29, 0.717) is 26.1 Å². The number of rotatable bonds is 5. The van der Waals surface area contributed by atoms with Crippen LogP contribution in [0.2, 0.25) is 0 Å². The van der Waals surface area contributed by atoms with E-state index in [0.717, 1.165) is 30.8 Å². The highest BCUT2D eigenvalue weighted by Crippen LogP contribution is 2.40. The minimum absolute atomic E-state index is 0.0981. The molecule has 184 valence electrons. The summed E-state index contributed by atoms with van der Waals surface area (Å²) in [6.45, 7) is 7.74. The number of hydrogen-bond acceptors (Lipinski definition) is 5. The van der Waals surface area contributed by atoms with Crippen LogP contribution in [0.4, 0.5) is 0 Å². The molecule has 2 aliphatic rings. The second-order valence-corrected chi connectivity index (χ2v) is 11.6. The summed E-state index contributed by atoms with van der Waals surface area (Å²) in [5.41, 5.74) is 3.89. The van der Waals surface area contributed by atoms with Crippen LogP contribution >= 0.6 is 22.7 Å². The molecule has 0 spiro atoms. The van der Waals surface area contributed by atoms with Crippen molar-refractivity contribution in [3.05, 3.63) is 79.7 Å². The van der Waals surface area contributed by atoms with E-state index >= 15 is 0 Å². The molecule has 5 rings (SSSR count). The lowest BCUT2D eigenvalue weighted by molar-refractivity contribution is -0.138. The molecule has 1 saturated heterocycles. The summed E-state index contributed by atoms with van der Waals surface area (Å²) in [6, 6.07) is 14.7. The molecule has 2 aliphatic heterocycles. The fourth-order valence-electron chi connectivity index (χ4n) is 5.46. The van der Waals surface area contributed by atoms with Crippen LogP contribution in [0.3, 0.4) is 0 Å². The van der Waals surface area contributed by atoms with E-state index in [2.05, 4.69) is 54.5 Å². The average molecular weight is 508 g/mol. The third-order valence-electron chi connectivity index (χ3n) is 7.41. The Bertz CT molecular complexity index is 1170. The number of carbonyl (C=O) groups excluding carboxylic acids is 2. The monoisotopic (exact) mass is 507 g/mol. The highest BCUT2D eigenvalue weighted by molar-refractivity contribution is 7.10. The summed E-state index contributed by atoms with van der Waals surface area (Å²) in [5, 5.41) is 4.19. The van der Waals surface area contributed by atoms with E-state index in [4.69, 9.17) is 0 Å². The first-order valence-corrected chi connectivity index (χ1v) is 14.3. The van der Waals surface area contributed by atoms with Crippen LogP contribution in [0.1, 0.15) is 45.8 Å². The second-order valence-electron chi connectivity index (χ2n) is 9.54. The van der Waals surface area contributed by atoms with Crippen LogP contribution in [-0.4, -0.2) is 65.3 Å². The van der Waals surface area contributed by atoms with Gasteiger partial charge < -0.3 is 9.80 Å². The van der Waals surface area contributed by atoms with Crippen LogP contribution in [0.25, 0.3) is 0 Å². The van der Waals surface area contributed by atoms with Crippen molar-refractivity contribution < 1.29 is 9.59 Å². The number of aryl methyl sites for hydroxylation is 1. The molecule has 35 heavy (non-hydrogen) atoms. The van der Waals surface area contributed by atoms with Gasteiger partial charge in [0.25, 0.3) is 0 Å². The molecule has 0 N–H and O–H groups in total. The maximum atomic E-state index is 13.8. The van der Waals surface area contributed by atoms with Crippen LogP contribution in [0.5, 0.6) is 0 Å². The van der Waals surface area contributed by atoms with Crippen LogP contribution in [0.15, 0.2) is 53.2 Å². The molecule has 0 aliphatic carbocycles. The van der Waals surface area contributed by atoms with Gasteiger partial charge in [-0.25, -0.2) is 0 Å². The lowest BCUT2D eigenvalue weighted by atomic mass is 9.89. The standard InChI is InChI=1S/C28H33N3O2S2/c1-20-7-3-4-9-23(20)27-24-11-18-35-25(24)10-14-31(27)21(2)28(33)30-13-6-12-29(15-16-30)26(32)19-22-8-5-17-34-22/h3-5,7-9,11,17-18,21,27H,6,10,12-16,19H2,1-2H3. The number of hydrogen-bond donors (Lipinski definition) is 0. The SMILES string of the molecule is Cc1ccccc1C1c2ccsc2CCN1C(C)C(=O)N1CCCN(C(=O)Cc2cccs2)CC1. The lowest BCUT2D eigenvalue weighted by Crippen LogP contribution is -2.51. The zero-order valence-electron chi connectivity index (χ0n) is 20.5. The Kier molecular flexibility index (Phi) is 7.37. The van der Waals surface area contributed by atoms with Crippen molar-refractivity contribution in [2.75, 3.05) is 32.7 Å². The van der Waals surface area contributed by atoms with E-state index in [1.54, 1.807) is 11.3 Å². The Morgan fingerprint density at radius 3 is 2.51 bits per heavy atom. The molecule has 2 aromatic heterocycles. The van der Waals surface area contributed by atoms with Gasteiger partial charge in [-0.15, -0.1) is 22.7 Å². The van der Waals surface area contributed by atoms with Gasteiger partial charge in [-0.2, -0.15) is 0 Å². The fraction of sp³-hybridized carbons (Fsp3) is 0.429. The predicted molar refractivity (Wildman–Crippen MR) is 143 cm³/mol. The Hall–Kier alpha value is -2.48. The number of amides is 2. The van der Waals surface area contributed by atoms with E-state index in [9.17, 15) is 9.59 Å². The van der Waals surface area contributed by atoms with Gasteiger partial charge in [0.1, 0.15) is 0 Å². The molecular weight excluding hydrogens is 474 g/mol. The molecule has 0 radical (unpaired) electrons. The Balaban J connectivity index is 1.30. The van der Waals surface area contributed by atoms with Crippen molar-refractivity contribution in [1.82, 2.24) is 14.7 Å². The third-order valence-corrected chi connectivity index (χ3v) is 9.28. The van der Waals surface area contributed by atoms with E-state index in [1.165, 1.54) is 21.6 Å². The van der Waals surface area contributed by atoms with E-state index in [-0.39, 0.29) is 23.9 Å². The molecule has 2 atom stereocenters. The number of nitrogens with zero attached hydrogens (tertiary/aromatic N) is 3. The van der Waals surface area contributed by atoms with Crippen molar-refractivity contribution >= 4 is 34.5 Å². The number of fused-ring (bicyclic) bond motifs is 1. The number of thiophene rings is 2. The molecule has 4 heterocycles. The van der Waals surface area contributed by atoms with Gasteiger partial charge in [0.2, 0.25) is 11.8 Å². The number of benzene rings is 1. The van der Waals surface area contributed by atoms with E-state index in [1.807, 2.05) is 38.6 Å². The van der Waals surface area contributed by atoms with Crippen LogP contribution in [0, 0.1) is 6.92 Å². The first-order valence-electron chi connectivity index (χ1n) is 12.5. The lowest BCUT2D eigenvalue weighted by Gasteiger charge is -2.41.